The van der Waals surface area contributed by atoms with Crippen LogP contribution in [-0.4, -0.2) is 48.0 Å². The Hall–Kier alpha value is -0.990. The summed E-state index contributed by atoms with van der Waals surface area (Å²) in [5.74, 6) is -1.13. The van der Waals surface area contributed by atoms with Crippen molar-refractivity contribution in [3.63, 3.8) is 0 Å². The topological polar surface area (TPSA) is 40.5 Å². The van der Waals surface area contributed by atoms with E-state index in [1.54, 1.807) is 0 Å². The molecule has 1 heterocycles. The predicted octanol–water partition coefficient (Wildman–Crippen LogP) is 2.67. The van der Waals surface area contributed by atoms with Gasteiger partial charge in [0.15, 0.2) is 5.41 Å². The van der Waals surface area contributed by atoms with Crippen molar-refractivity contribution in [3.8, 4) is 0 Å². The largest absolute Gasteiger partial charge is 0.481 e. The molecule has 0 radical (unpaired) electrons. The molecule has 0 unspecified atom stereocenters. The third kappa shape index (κ3) is 3.31. The zero-order chi connectivity index (χ0) is 14.9. The minimum absolute atomic E-state index is 0.0289. The van der Waals surface area contributed by atoms with Crippen molar-refractivity contribution in [3.05, 3.63) is 0 Å². The Morgan fingerprint density at radius 1 is 1.16 bits per heavy atom. The maximum absolute atomic E-state index is 12.7. The molecule has 0 atom stereocenters. The second-order valence-corrected chi connectivity index (χ2v) is 4.60. The van der Waals surface area contributed by atoms with Crippen molar-refractivity contribution in [2.45, 2.75) is 31.6 Å². The number of carboxylic acids is 1. The van der Waals surface area contributed by atoms with Crippen molar-refractivity contribution in [2.24, 2.45) is 5.41 Å². The molecular formula is C10H13F6NO2. The summed E-state index contributed by atoms with van der Waals surface area (Å²) in [5, 5.41) is 8.37. The maximum atomic E-state index is 12.7. The number of aliphatic carboxylic acids is 1. The highest BCUT2D eigenvalue weighted by atomic mass is 19.4. The number of alkyl halides is 6. The highest BCUT2D eigenvalue weighted by Gasteiger charge is 2.72. The van der Waals surface area contributed by atoms with Crippen molar-refractivity contribution >= 4 is 5.97 Å². The molecule has 1 saturated heterocycles. The van der Waals surface area contributed by atoms with E-state index in [1.165, 1.54) is 0 Å². The lowest BCUT2D eigenvalue weighted by Crippen LogP contribution is -2.51. The first-order chi connectivity index (χ1) is 8.49. The van der Waals surface area contributed by atoms with Crippen LogP contribution < -0.4 is 0 Å². The lowest BCUT2D eigenvalue weighted by molar-refractivity contribution is -0.335. The normalized spacial score (nSPS) is 20.7. The monoisotopic (exact) mass is 293 g/mol. The second-order valence-electron chi connectivity index (χ2n) is 4.60. The van der Waals surface area contributed by atoms with Gasteiger partial charge in [-0.1, -0.05) is 0 Å². The van der Waals surface area contributed by atoms with Crippen LogP contribution in [0.2, 0.25) is 0 Å². The summed E-state index contributed by atoms with van der Waals surface area (Å²) >= 11 is 0. The fourth-order valence-corrected chi connectivity index (χ4v) is 2.16. The van der Waals surface area contributed by atoms with E-state index in [-0.39, 0.29) is 25.9 Å². The van der Waals surface area contributed by atoms with Gasteiger partial charge in [0, 0.05) is 13.0 Å². The summed E-state index contributed by atoms with van der Waals surface area (Å²) in [6.45, 7) is -1.57. The average molecular weight is 293 g/mol. The molecule has 0 aliphatic carbocycles. The predicted molar refractivity (Wildman–Crippen MR) is 52.5 cm³/mol. The molecule has 1 N–H and O–H groups in total. The van der Waals surface area contributed by atoms with Gasteiger partial charge in [-0.2, -0.15) is 26.3 Å². The second kappa shape index (κ2) is 5.18. The third-order valence-corrected chi connectivity index (χ3v) is 3.30. The van der Waals surface area contributed by atoms with Gasteiger partial charge in [-0.05, 0) is 25.9 Å². The van der Waals surface area contributed by atoms with Crippen LogP contribution in [0.15, 0.2) is 0 Å². The minimum atomic E-state index is -5.35. The Morgan fingerprint density at radius 2 is 1.68 bits per heavy atom. The molecule has 112 valence electrons. The molecular weight excluding hydrogens is 280 g/mol. The van der Waals surface area contributed by atoms with Gasteiger partial charge < -0.3 is 10.0 Å². The Balaban J connectivity index is 2.71. The molecule has 19 heavy (non-hydrogen) atoms. The van der Waals surface area contributed by atoms with Crippen molar-refractivity contribution in [1.82, 2.24) is 4.90 Å². The third-order valence-electron chi connectivity index (χ3n) is 3.30. The summed E-state index contributed by atoms with van der Waals surface area (Å²) in [4.78, 5) is 11.3. The first-order valence-electron chi connectivity index (χ1n) is 5.57. The molecule has 0 saturated carbocycles. The molecule has 1 aliphatic rings. The van der Waals surface area contributed by atoms with E-state index in [0.29, 0.717) is 0 Å². The smallest absolute Gasteiger partial charge is 0.404 e. The van der Waals surface area contributed by atoms with Crippen LogP contribution in [0, 0.1) is 5.41 Å². The summed E-state index contributed by atoms with van der Waals surface area (Å²) in [6, 6.07) is 0. The highest BCUT2D eigenvalue weighted by Crippen LogP contribution is 2.55. The standard InChI is InChI=1S/C10H13F6NO2/c11-9(12,13)8(10(14,15)16)3-5-17(6-8)4-1-2-7(18)19/h1-6H2,(H,18,19). The first-order valence-corrected chi connectivity index (χ1v) is 5.57. The van der Waals surface area contributed by atoms with Crippen LogP contribution in [0.1, 0.15) is 19.3 Å². The fourth-order valence-electron chi connectivity index (χ4n) is 2.16. The van der Waals surface area contributed by atoms with Gasteiger partial charge in [0.25, 0.3) is 0 Å². The van der Waals surface area contributed by atoms with E-state index in [0.717, 1.165) is 4.90 Å². The van der Waals surface area contributed by atoms with E-state index < -0.39 is 36.7 Å². The lowest BCUT2D eigenvalue weighted by Gasteiger charge is -2.33. The summed E-state index contributed by atoms with van der Waals surface area (Å²) in [5.41, 5.74) is -3.69. The summed E-state index contributed by atoms with van der Waals surface area (Å²) in [6.07, 6.45) is -12.0. The van der Waals surface area contributed by atoms with E-state index in [1.807, 2.05) is 0 Å². The molecule has 0 aromatic heterocycles. The molecule has 0 bridgehead atoms. The number of carbonyl (C=O) groups is 1. The molecule has 1 fully saturated rings. The average Bonchev–Trinajstić information content (AvgIpc) is 2.60. The molecule has 3 nitrogen and oxygen atoms in total. The summed E-state index contributed by atoms with van der Waals surface area (Å²) < 4.78 is 76.2. The van der Waals surface area contributed by atoms with E-state index in [2.05, 4.69) is 0 Å². The fraction of sp³-hybridized carbons (Fsp3) is 0.900. The van der Waals surface area contributed by atoms with Gasteiger partial charge in [-0.25, -0.2) is 0 Å². The SMILES string of the molecule is O=C(O)CCCN1CCC(C(F)(F)F)(C(F)(F)F)C1. The Labute approximate surface area is 105 Å². The molecule has 0 aromatic rings. The first kappa shape index (κ1) is 16.1. The van der Waals surface area contributed by atoms with Crippen LogP contribution in [-0.2, 0) is 4.79 Å². The number of rotatable bonds is 4. The van der Waals surface area contributed by atoms with Crippen LogP contribution >= 0.6 is 0 Å². The van der Waals surface area contributed by atoms with Crippen molar-refractivity contribution in [1.29, 1.82) is 0 Å². The number of nitrogens with zero attached hydrogens (tertiary/aromatic N) is 1. The van der Waals surface area contributed by atoms with E-state index in [4.69, 9.17) is 5.11 Å². The van der Waals surface area contributed by atoms with E-state index in [9.17, 15) is 31.1 Å². The Kier molecular flexibility index (Phi) is 4.38. The molecule has 9 heteroatoms. The van der Waals surface area contributed by atoms with Gasteiger partial charge in [0.1, 0.15) is 0 Å². The van der Waals surface area contributed by atoms with Gasteiger partial charge in [0.2, 0.25) is 0 Å². The van der Waals surface area contributed by atoms with Gasteiger partial charge in [-0.15, -0.1) is 0 Å². The van der Waals surface area contributed by atoms with Gasteiger partial charge in [0.05, 0.1) is 0 Å². The van der Waals surface area contributed by atoms with Crippen LogP contribution in [0.5, 0.6) is 0 Å². The van der Waals surface area contributed by atoms with E-state index >= 15 is 0 Å². The number of likely N-dealkylation sites (tertiary alicyclic amines) is 1. The zero-order valence-electron chi connectivity index (χ0n) is 9.81. The van der Waals surface area contributed by atoms with Gasteiger partial charge >= 0.3 is 18.3 Å². The Morgan fingerprint density at radius 3 is 2.05 bits per heavy atom. The van der Waals surface area contributed by atoms with Gasteiger partial charge in [-0.3, -0.25) is 4.79 Å². The molecule has 1 aliphatic heterocycles. The molecule has 0 spiro atoms. The number of hydrogen-bond donors (Lipinski definition) is 1. The number of carboxylic acid groups (broad SMARTS) is 1. The number of hydrogen-bond acceptors (Lipinski definition) is 2. The van der Waals surface area contributed by atoms with Crippen molar-refractivity contribution in [2.75, 3.05) is 19.6 Å². The molecule has 0 amide bonds. The van der Waals surface area contributed by atoms with Crippen LogP contribution in [0.3, 0.4) is 0 Å². The lowest BCUT2D eigenvalue weighted by atomic mass is 9.85. The van der Waals surface area contributed by atoms with Crippen LogP contribution in [0.4, 0.5) is 26.3 Å². The summed E-state index contributed by atoms with van der Waals surface area (Å²) in [7, 11) is 0. The number of halogens is 6. The molecule has 0 aromatic carbocycles. The zero-order valence-corrected chi connectivity index (χ0v) is 9.81. The quantitative estimate of drug-likeness (QED) is 0.810. The highest BCUT2D eigenvalue weighted by molar-refractivity contribution is 5.66. The minimum Gasteiger partial charge on any atom is -0.481 e. The molecule has 1 rings (SSSR count). The maximum Gasteiger partial charge on any atom is 0.404 e. The Bertz CT molecular complexity index is 324. The van der Waals surface area contributed by atoms with Crippen LogP contribution in [0.25, 0.3) is 0 Å². The van der Waals surface area contributed by atoms with Crippen molar-refractivity contribution < 1.29 is 36.2 Å².